The molecule has 2 aromatic rings. The van der Waals surface area contributed by atoms with Gasteiger partial charge in [0.25, 0.3) is 0 Å². The molecule has 0 aliphatic heterocycles. The Morgan fingerprint density at radius 1 is 1.29 bits per heavy atom. The van der Waals surface area contributed by atoms with Crippen LogP contribution in [0.1, 0.15) is 18.3 Å². The van der Waals surface area contributed by atoms with Crippen molar-refractivity contribution >= 4 is 17.4 Å². The Labute approximate surface area is 106 Å². The first-order chi connectivity index (χ1) is 8.20. The van der Waals surface area contributed by atoms with E-state index in [4.69, 9.17) is 5.73 Å². The number of aryl methyl sites for hydroxylation is 2. The Kier molecular flexibility index (Phi) is 3.74. The second kappa shape index (κ2) is 5.27. The van der Waals surface area contributed by atoms with Gasteiger partial charge in [-0.15, -0.1) is 11.8 Å². The molecule has 3 nitrogen and oxygen atoms in total. The van der Waals surface area contributed by atoms with Gasteiger partial charge < -0.3 is 10.3 Å². The minimum Gasteiger partial charge on any atom is -0.399 e. The van der Waals surface area contributed by atoms with E-state index < -0.39 is 0 Å². The van der Waals surface area contributed by atoms with Gasteiger partial charge in [-0.25, -0.2) is 4.98 Å². The minimum absolute atomic E-state index is 0.809. The van der Waals surface area contributed by atoms with Crippen LogP contribution in [0.4, 0.5) is 5.69 Å². The largest absolute Gasteiger partial charge is 0.399 e. The number of rotatable bonds is 4. The Morgan fingerprint density at radius 2 is 2.00 bits per heavy atom. The average molecular weight is 247 g/mol. The van der Waals surface area contributed by atoms with Crippen LogP contribution in [0.25, 0.3) is 0 Å². The molecule has 0 amide bonds. The van der Waals surface area contributed by atoms with E-state index in [0.29, 0.717) is 0 Å². The first-order valence-corrected chi connectivity index (χ1v) is 6.68. The van der Waals surface area contributed by atoms with Crippen molar-refractivity contribution in [3.63, 3.8) is 0 Å². The van der Waals surface area contributed by atoms with Crippen molar-refractivity contribution in [2.24, 2.45) is 0 Å². The summed E-state index contributed by atoms with van der Waals surface area (Å²) in [7, 11) is 0. The molecule has 0 spiro atoms. The maximum absolute atomic E-state index is 5.66. The van der Waals surface area contributed by atoms with Crippen LogP contribution in [0.5, 0.6) is 0 Å². The Hall–Kier alpha value is -1.42. The number of nitrogens with two attached hydrogens (primary N) is 1. The highest BCUT2D eigenvalue weighted by molar-refractivity contribution is 7.98. The molecule has 0 atom stereocenters. The molecule has 4 heteroatoms. The zero-order chi connectivity index (χ0) is 12.3. The fourth-order valence-electron chi connectivity index (χ4n) is 1.68. The normalized spacial score (nSPS) is 10.7. The standard InChI is InChI=1S/C13H17N3S/c1-3-16-9-15-10(2)13(16)8-17-12-6-4-11(14)5-7-12/h4-7,9H,3,8,14H2,1-2H3. The summed E-state index contributed by atoms with van der Waals surface area (Å²) in [5.41, 5.74) is 8.89. The fraction of sp³-hybridized carbons (Fsp3) is 0.308. The number of aromatic nitrogens is 2. The highest BCUT2D eigenvalue weighted by atomic mass is 32.2. The predicted octanol–water partition coefficient (Wildman–Crippen LogP) is 3.09. The highest BCUT2D eigenvalue weighted by Crippen LogP contribution is 2.24. The van der Waals surface area contributed by atoms with Crippen LogP contribution in [0, 0.1) is 6.92 Å². The van der Waals surface area contributed by atoms with E-state index in [1.165, 1.54) is 10.6 Å². The van der Waals surface area contributed by atoms with E-state index in [1.54, 1.807) is 0 Å². The van der Waals surface area contributed by atoms with Crippen LogP contribution >= 0.6 is 11.8 Å². The number of benzene rings is 1. The molecule has 0 aliphatic carbocycles. The molecule has 2 rings (SSSR count). The summed E-state index contributed by atoms with van der Waals surface area (Å²) in [6, 6.07) is 7.99. The Bertz CT molecular complexity index is 488. The maximum Gasteiger partial charge on any atom is 0.0951 e. The zero-order valence-electron chi connectivity index (χ0n) is 10.2. The van der Waals surface area contributed by atoms with Crippen molar-refractivity contribution in [1.29, 1.82) is 0 Å². The molecule has 0 saturated heterocycles. The number of nitrogens with zero attached hydrogens (tertiary/aromatic N) is 2. The molecule has 1 aromatic carbocycles. The molecule has 0 saturated carbocycles. The first-order valence-electron chi connectivity index (χ1n) is 5.69. The Balaban J connectivity index is 2.06. The third-order valence-electron chi connectivity index (χ3n) is 2.75. The van der Waals surface area contributed by atoms with E-state index in [9.17, 15) is 0 Å². The number of nitrogen functional groups attached to an aromatic ring is 1. The molecule has 0 aliphatic rings. The quantitative estimate of drug-likeness (QED) is 0.667. The lowest BCUT2D eigenvalue weighted by Gasteiger charge is -2.06. The second-order valence-corrected chi connectivity index (χ2v) is 4.97. The van der Waals surface area contributed by atoms with Crippen LogP contribution < -0.4 is 5.73 Å². The maximum atomic E-state index is 5.66. The van der Waals surface area contributed by atoms with Gasteiger partial charge in [-0.2, -0.15) is 0 Å². The second-order valence-electron chi connectivity index (χ2n) is 3.92. The zero-order valence-corrected chi connectivity index (χ0v) is 11.0. The summed E-state index contributed by atoms with van der Waals surface area (Å²) < 4.78 is 2.19. The van der Waals surface area contributed by atoms with Crippen molar-refractivity contribution in [2.75, 3.05) is 5.73 Å². The number of thioether (sulfide) groups is 1. The third kappa shape index (κ3) is 2.82. The molecule has 90 valence electrons. The molecule has 0 unspecified atom stereocenters. The van der Waals surface area contributed by atoms with Gasteiger partial charge in [0.15, 0.2) is 0 Å². The summed E-state index contributed by atoms with van der Waals surface area (Å²) in [5.74, 6) is 0.948. The lowest BCUT2D eigenvalue weighted by Crippen LogP contribution is -1.98. The topological polar surface area (TPSA) is 43.8 Å². The molecule has 0 radical (unpaired) electrons. The van der Waals surface area contributed by atoms with Gasteiger partial charge in [0.1, 0.15) is 0 Å². The lowest BCUT2D eigenvalue weighted by molar-refractivity contribution is 0.732. The lowest BCUT2D eigenvalue weighted by atomic mass is 10.3. The van der Waals surface area contributed by atoms with E-state index in [0.717, 1.165) is 23.7 Å². The number of hydrogen-bond donors (Lipinski definition) is 1. The molecule has 0 fully saturated rings. The number of hydrogen-bond acceptors (Lipinski definition) is 3. The molecule has 1 aromatic heterocycles. The summed E-state index contributed by atoms with van der Waals surface area (Å²) >= 11 is 1.81. The van der Waals surface area contributed by atoms with Crippen molar-refractivity contribution in [3.05, 3.63) is 42.0 Å². The van der Waals surface area contributed by atoms with E-state index in [2.05, 4.69) is 35.5 Å². The predicted molar refractivity (Wildman–Crippen MR) is 73.1 cm³/mol. The summed E-state index contributed by atoms with van der Waals surface area (Å²) in [4.78, 5) is 5.58. The van der Waals surface area contributed by atoms with Gasteiger partial charge >= 0.3 is 0 Å². The van der Waals surface area contributed by atoms with E-state index in [1.807, 2.05) is 30.2 Å². The molecule has 17 heavy (non-hydrogen) atoms. The van der Waals surface area contributed by atoms with E-state index >= 15 is 0 Å². The molecule has 0 bridgehead atoms. The summed E-state index contributed by atoms with van der Waals surface area (Å²) in [6.45, 7) is 5.17. The van der Waals surface area contributed by atoms with Crippen LogP contribution in [0.15, 0.2) is 35.5 Å². The van der Waals surface area contributed by atoms with Crippen molar-refractivity contribution in [3.8, 4) is 0 Å². The molecule has 2 N–H and O–H groups in total. The fourth-order valence-corrected chi connectivity index (χ4v) is 2.69. The summed E-state index contributed by atoms with van der Waals surface area (Å²) in [6.07, 6.45) is 1.91. The SMILES string of the molecule is CCn1cnc(C)c1CSc1ccc(N)cc1. The van der Waals surface area contributed by atoms with Crippen LogP contribution in [0.3, 0.4) is 0 Å². The number of anilines is 1. The smallest absolute Gasteiger partial charge is 0.0951 e. The van der Waals surface area contributed by atoms with Crippen LogP contribution in [0.2, 0.25) is 0 Å². The van der Waals surface area contributed by atoms with Crippen molar-refractivity contribution < 1.29 is 0 Å². The average Bonchev–Trinajstić information content (AvgIpc) is 2.69. The summed E-state index contributed by atoms with van der Waals surface area (Å²) in [5, 5.41) is 0. The van der Waals surface area contributed by atoms with Gasteiger partial charge in [0.05, 0.1) is 17.7 Å². The van der Waals surface area contributed by atoms with Gasteiger partial charge in [-0.1, -0.05) is 0 Å². The van der Waals surface area contributed by atoms with Crippen LogP contribution in [-0.2, 0) is 12.3 Å². The van der Waals surface area contributed by atoms with Gasteiger partial charge in [0, 0.05) is 22.9 Å². The Morgan fingerprint density at radius 3 is 2.65 bits per heavy atom. The van der Waals surface area contributed by atoms with Crippen molar-refractivity contribution in [1.82, 2.24) is 9.55 Å². The molecular weight excluding hydrogens is 230 g/mol. The van der Waals surface area contributed by atoms with Gasteiger partial charge in [0.2, 0.25) is 0 Å². The van der Waals surface area contributed by atoms with Crippen molar-refractivity contribution in [2.45, 2.75) is 31.0 Å². The van der Waals surface area contributed by atoms with E-state index in [-0.39, 0.29) is 0 Å². The monoisotopic (exact) mass is 247 g/mol. The van der Waals surface area contributed by atoms with Gasteiger partial charge in [-0.3, -0.25) is 0 Å². The first kappa shape index (κ1) is 12.0. The third-order valence-corrected chi connectivity index (χ3v) is 3.77. The van der Waals surface area contributed by atoms with Gasteiger partial charge in [-0.05, 0) is 38.1 Å². The highest BCUT2D eigenvalue weighted by Gasteiger charge is 2.06. The van der Waals surface area contributed by atoms with Crippen LogP contribution in [-0.4, -0.2) is 9.55 Å². The number of imidazole rings is 1. The molecular formula is C13H17N3S. The molecule has 1 heterocycles. The minimum atomic E-state index is 0.809.